The maximum absolute atomic E-state index is 11.6. The van der Waals surface area contributed by atoms with Gasteiger partial charge in [0.1, 0.15) is 11.6 Å². The number of aromatic nitrogens is 2. The molecule has 2 N–H and O–H groups in total. The van der Waals surface area contributed by atoms with Crippen molar-refractivity contribution in [3.8, 4) is 0 Å². The highest BCUT2D eigenvalue weighted by Crippen LogP contribution is 2.08. The van der Waals surface area contributed by atoms with Gasteiger partial charge in [-0.1, -0.05) is 0 Å². The van der Waals surface area contributed by atoms with Crippen LogP contribution in [0.5, 0.6) is 0 Å². The minimum Gasteiger partial charge on any atom is -0.459 e. The van der Waals surface area contributed by atoms with Gasteiger partial charge in [0, 0.05) is 6.20 Å². The molecule has 0 radical (unpaired) electrons. The topological polar surface area (TPSA) is 70.1 Å². The first kappa shape index (κ1) is 12.7. The summed E-state index contributed by atoms with van der Waals surface area (Å²) in [5.41, 5.74) is 6.26. The fraction of sp³-hybridized carbons (Fsp3) is 0.636. The third-order valence-electron chi connectivity index (χ3n) is 1.86. The van der Waals surface area contributed by atoms with E-state index in [2.05, 4.69) is 5.10 Å². The Hall–Kier alpha value is -1.36. The summed E-state index contributed by atoms with van der Waals surface area (Å²) in [4.78, 5) is 11.6. The van der Waals surface area contributed by atoms with Crippen LogP contribution in [-0.2, 0) is 16.1 Å². The van der Waals surface area contributed by atoms with E-state index in [4.69, 9.17) is 10.5 Å². The largest absolute Gasteiger partial charge is 0.459 e. The molecule has 90 valence electrons. The number of rotatable bonds is 3. The van der Waals surface area contributed by atoms with E-state index in [-0.39, 0.29) is 0 Å². The molecular weight excluding hydrogens is 206 g/mol. The predicted molar refractivity (Wildman–Crippen MR) is 60.8 cm³/mol. The van der Waals surface area contributed by atoms with Crippen LogP contribution in [0, 0.1) is 6.92 Å². The van der Waals surface area contributed by atoms with Crippen molar-refractivity contribution < 1.29 is 9.53 Å². The summed E-state index contributed by atoms with van der Waals surface area (Å²) in [6.45, 7) is 7.71. The van der Waals surface area contributed by atoms with Crippen LogP contribution in [0.15, 0.2) is 12.4 Å². The average Bonchev–Trinajstić information content (AvgIpc) is 2.48. The first-order valence-corrected chi connectivity index (χ1v) is 5.25. The molecule has 1 atom stereocenters. The van der Waals surface area contributed by atoms with Gasteiger partial charge < -0.3 is 10.5 Å². The van der Waals surface area contributed by atoms with Crippen molar-refractivity contribution in [2.24, 2.45) is 5.73 Å². The maximum Gasteiger partial charge on any atom is 0.325 e. The number of hydrogen-bond donors (Lipinski definition) is 1. The molecule has 0 bridgehead atoms. The lowest BCUT2D eigenvalue weighted by Gasteiger charge is -2.22. The number of aryl methyl sites for hydroxylation is 1. The highest BCUT2D eigenvalue weighted by atomic mass is 16.6. The van der Waals surface area contributed by atoms with Crippen LogP contribution in [0.2, 0.25) is 0 Å². The van der Waals surface area contributed by atoms with Gasteiger partial charge in [-0.25, -0.2) is 0 Å². The van der Waals surface area contributed by atoms with Gasteiger partial charge >= 0.3 is 5.97 Å². The highest BCUT2D eigenvalue weighted by molar-refractivity contribution is 5.75. The molecule has 0 fully saturated rings. The van der Waals surface area contributed by atoms with Gasteiger partial charge in [0.15, 0.2) is 0 Å². The van der Waals surface area contributed by atoms with Crippen LogP contribution in [0.1, 0.15) is 26.3 Å². The van der Waals surface area contributed by atoms with E-state index in [0.29, 0.717) is 6.54 Å². The average molecular weight is 225 g/mol. The molecule has 1 aromatic rings. The molecule has 1 aromatic heterocycles. The summed E-state index contributed by atoms with van der Waals surface area (Å²) >= 11 is 0. The maximum atomic E-state index is 11.6. The Balaban J connectivity index is 2.52. The second-order valence-corrected chi connectivity index (χ2v) is 4.88. The zero-order chi connectivity index (χ0) is 12.3. The number of nitrogens with two attached hydrogens (primary N) is 1. The summed E-state index contributed by atoms with van der Waals surface area (Å²) in [7, 11) is 0. The molecule has 0 aliphatic rings. The first-order valence-electron chi connectivity index (χ1n) is 5.25. The Kier molecular flexibility index (Phi) is 3.70. The lowest BCUT2D eigenvalue weighted by atomic mass is 10.2. The molecule has 0 aromatic carbocycles. The molecule has 16 heavy (non-hydrogen) atoms. The summed E-state index contributed by atoms with van der Waals surface area (Å²) in [6.07, 6.45) is 3.56. The Bertz CT molecular complexity index is 366. The Morgan fingerprint density at radius 2 is 2.25 bits per heavy atom. The molecule has 5 heteroatoms. The lowest BCUT2D eigenvalue weighted by Crippen LogP contribution is -2.40. The number of ether oxygens (including phenoxy) is 1. The van der Waals surface area contributed by atoms with Crippen molar-refractivity contribution in [3.05, 3.63) is 18.0 Å². The second kappa shape index (κ2) is 4.65. The van der Waals surface area contributed by atoms with Gasteiger partial charge in [-0.3, -0.25) is 9.48 Å². The molecule has 0 aliphatic carbocycles. The number of carbonyl (C=O) groups is 1. The molecule has 0 saturated heterocycles. The van der Waals surface area contributed by atoms with Gasteiger partial charge in [-0.05, 0) is 33.3 Å². The Morgan fingerprint density at radius 1 is 1.62 bits per heavy atom. The van der Waals surface area contributed by atoms with Crippen LogP contribution in [0.4, 0.5) is 0 Å². The SMILES string of the molecule is Cc1cnn(CC(N)C(=O)OC(C)(C)C)c1. The van der Waals surface area contributed by atoms with Crippen LogP contribution in [0.3, 0.4) is 0 Å². The van der Waals surface area contributed by atoms with Crippen molar-refractivity contribution >= 4 is 5.97 Å². The highest BCUT2D eigenvalue weighted by Gasteiger charge is 2.22. The van der Waals surface area contributed by atoms with Crippen LogP contribution < -0.4 is 5.73 Å². The van der Waals surface area contributed by atoms with Crippen molar-refractivity contribution in [2.45, 2.75) is 45.9 Å². The monoisotopic (exact) mass is 225 g/mol. The van der Waals surface area contributed by atoms with Crippen molar-refractivity contribution in [2.75, 3.05) is 0 Å². The molecular formula is C11H19N3O2. The second-order valence-electron chi connectivity index (χ2n) is 4.88. The minimum absolute atomic E-state index is 0.336. The molecule has 0 spiro atoms. The number of nitrogens with zero attached hydrogens (tertiary/aromatic N) is 2. The number of esters is 1. The van der Waals surface area contributed by atoms with Crippen molar-refractivity contribution in [3.63, 3.8) is 0 Å². The van der Waals surface area contributed by atoms with Crippen molar-refractivity contribution in [1.29, 1.82) is 0 Å². The number of hydrogen-bond acceptors (Lipinski definition) is 4. The van der Waals surface area contributed by atoms with Gasteiger partial charge in [0.05, 0.1) is 12.7 Å². The molecule has 1 heterocycles. The molecule has 1 rings (SSSR count). The summed E-state index contributed by atoms with van der Waals surface area (Å²) in [5, 5.41) is 4.06. The molecule has 1 unspecified atom stereocenters. The van der Waals surface area contributed by atoms with Gasteiger partial charge in [-0.2, -0.15) is 5.10 Å². The van der Waals surface area contributed by atoms with Gasteiger partial charge in [-0.15, -0.1) is 0 Å². The van der Waals surface area contributed by atoms with Crippen LogP contribution in [-0.4, -0.2) is 27.4 Å². The summed E-state index contributed by atoms with van der Waals surface area (Å²) < 4.78 is 6.82. The molecule has 0 aliphatic heterocycles. The molecule has 0 saturated carbocycles. The van der Waals surface area contributed by atoms with E-state index < -0.39 is 17.6 Å². The van der Waals surface area contributed by atoms with E-state index in [1.54, 1.807) is 10.9 Å². The minimum atomic E-state index is -0.682. The fourth-order valence-corrected chi connectivity index (χ4v) is 1.22. The van der Waals surface area contributed by atoms with Crippen LogP contribution in [0.25, 0.3) is 0 Å². The van der Waals surface area contributed by atoms with E-state index in [1.807, 2.05) is 33.9 Å². The molecule has 0 amide bonds. The molecule has 5 nitrogen and oxygen atoms in total. The standard InChI is InChI=1S/C11H19N3O2/c1-8-5-13-14(6-8)7-9(12)10(15)16-11(2,3)4/h5-6,9H,7,12H2,1-4H3. The zero-order valence-electron chi connectivity index (χ0n) is 10.2. The van der Waals surface area contributed by atoms with E-state index in [0.717, 1.165) is 5.56 Å². The van der Waals surface area contributed by atoms with E-state index >= 15 is 0 Å². The lowest BCUT2D eigenvalue weighted by molar-refractivity contribution is -0.156. The predicted octanol–water partition coefficient (Wildman–Crippen LogP) is 0.861. The van der Waals surface area contributed by atoms with E-state index in [1.165, 1.54) is 0 Å². The van der Waals surface area contributed by atoms with Gasteiger partial charge in [0.25, 0.3) is 0 Å². The number of carbonyl (C=O) groups excluding carboxylic acids is 1. The fourth-order valence-electron chi connectivity index (χ4n) is 1.22. The summed E-state index contributed by atoms with van der Waals surface area (Å²) in [5.74, 6) is -0.402. The van der Waals surface area contributed by atoms with Gasteiger partial charge in [0.2, 0.25) is 0 Å². The summed E-state index contributed by atoms with van der Waals surface area (Å²) in [6, 6.07) is -0.682. The van der Waals surface area contributed by atoms with Crippen LogP contribution >= 0.6 is 0 Å². The normalized spacial score (nSPS) is 13.6. The third-order valence-corrected chi connectivity index (χ3v) is 1.86. The third kappa shape index (κ3) is 4.02. The van der Waals surface area contributed by atoms with E-state index in [9.17, 15) is 4.79 Å². The Morgan fingerprint density at radius 3 is 2.69 bits per heavy atom. The smallest absolute Gasteiger partial charge is 0.325 e. The zero-order valence-corrected chi connectivity index (χ0v) is 10.2. The Labute approximate surface area is 95.6 Å². The van der Waals surface area contributed by atoms with Crippen molar-refractivity contribution in [1.82, 2.24) is 9.78 Å². The first-order chi connectivity index (χ1) is 7.28. The quantitative estimate of drug-likeness (QED) is 0.774.